The Morgan fingerprint density at radius 1 is 1.35 bits per heavy atom. The average molecular weight is 295 g/mol. The lowest BCUT2D eigenvalue weighted by atomic mass is 10.1. The summed E-state index contributed by atoms with van der Waals surface area (Å²) in [6.45, 7) is 0.585. The van der Waals surface area contributed by atoms with Crippen molar-refractivity contribution >= 4 is 16.7 Å². The maximum absolute atomic E-state index is 12.3. The monoisotopic (exact) mass is 295 g/mol. The predicted octanol–water partition coefficient (Wildman–Crippen LogP) is 1.66. The van der Waals surface area contributed by atoms with E-state index in [1.807, 2.05) is 0 Å². The van der Waals surface area contributed by atoms with Crippen LogP contribution in [0.1, 0.15) is 29.6 Å². The van der Waals surface area contributed by atoms with Crippen molar-refractivity contribution < 1.29 is 14.1 Å². The first-order valence-corrected chi connectivity index (χ1v) is 8.42. The van der Waals surface area contributed by atoms with Gasteiger partial charge in [0.25, 0.3) is 5.91 Å². The smallest absolute Gasteiger partial charge is 0.253 e. The van der Waals surface area contributed by atoms with Crippen molar-refractivity contribution in [2.45, 2.75) is 30.3 Å². The first-order valence-electron chi connectivity index (χ1n) is 6.86. The Hall–Kier alpha value is -1.20. The van der Waals surface area contributed by atoms with Crippen LogP contribution in [0.2, 0.25) is 0 Å². The number of benzene rings is 1. The van der Waals surface area contributed by atoms with E-state index in [0.717, 1.165) is 24.2 Å². The van der Waals surface area contributed by atoms with Gasteiger partial charge in [0, 0.05) is 47.0 Å². The van der Waals surface area contributed by atoms with Crippen molar-refractivity contribution in [2.24, 2.45) is 5.92 Å². The van der Waals surface area contributed by atoms with E-state index in [1.165, 1.54) is 0 Å². The normalized spacial score (nSPS) is 23.6. The molecule has 1 fully saturated rings. The zero-order valence-electron chi connectivity index (χ0n) is 11.9. The van der Waals surface area contributed by atoms with Gasteiger partial charge in [0.05, 0.1) is 6.10 Å². The highest BCUT2D eigenvalue weighted by Gasteiger charge is 2.27. The third-order valence-electron chi connectivity index (χ3n) is 3.91. The van der Waals surface area contributed by atoms with Crippen molar-refractivity contribution in [3.05, 3.63) is 29.8 Å². The molecule has 3 unspecified atom stereocenters. The van der Waals surface area contributed by atoms with Crippen LogP contribution >= 0.6 is 0 Å². The molecule has 5 heteroatoms. The molecular formula is C15H21NO3S. The molecule has 1 aromatic carbocycles. The van der Waals surface area contributed by atoms with E-state index in [-0.39, 0.29) is 17.9 Å². The van der Waals surface area contributed by atoms with Crippen molar-refractivity contribution in [2.75, 3.05) is 19.8 Å². The summed E-state index contributed by atoms with van der Waals surface area (Å²) in [6.07, 6.45) is 4.18. The molecular weight excluding hydrogens is 274 g/mol. The molecule has 0 bridgehead atoms. The van der Waals surface area contributed by atoms with Crippen LogP contribution in [0.15, 0.2) is 29.2 Å². The van der Waals surface area contributed by atoms with Crippen LogP contribution in [0.5, 0.6) is 0 Å². The Morgan fingerprint density at radius 2 is 2.00 bits per heavy atom. The Balaban J connectivity index is 2.00. The summed E-state index contributed by atoms with van der Waals surface area (Å²) in [5, 5.41) is 9.82. The number of hydrogen-bond donors (Lipinski definition) is 1. The van der Waals surface area contributed by atoms with Crippen LogP contribution in [0.3, 0.4) is 0 Å². The van der Waals surface area contributed by atoms with Crippen molar-refractivity contribution in [1.82, 2.24) is 4.90 Å². The van der Waals surface area contributed by atoms with Gasteiger partial charge in [-0.1, -0.05) is 6.42 Å². The SMILES string of the molecule is CN(CC1CCCC1O)C(=O)c1ccc(S(C)=O)cc1. The van der Waals surface area contributed by atoms with Gasteiger partial charge in [-0.25, -0.2) is 0 Å². The Kier molecular flexibility index (Phi) is 4.94. The molecule has 1 aliphatic rings. The summed E-state index contributed by atoms with van der Waals surface area (Å²) in [5.74, 6) is 0.129. The average Bonchev–Trinajstić information content (AvgIpc) is 2.83. The minimum atomic E-state index is -1.03. The second kappa shape index (κ2) is 6.50. The molecule has 3 atom stereocenters. The highest BCUT2D eigenvalue weighted by Crippen LogP contribution is 2.26. The van der Waals surface area contributed by atoms with Gasteiger partial charge < -0.3 is 10.0 Å². The second-order valence-electron chi connectivity index (χ2n) is 5.42. The molecule has 1 aromatic rings. The molecule has 20 heavy (non-hydrogen) atoms. The van der Waals surface area contributed by atoms with Crippen molar-refractivity contribution in [1.29, 1.82) is 0 Å². The van der Waals surface area contributed by atoms with E-state index >= 15 is 0 Å². The predicted molar refractivity (Wildman–Crippen MR) is 79.1 cm³/mol. The topological polar surface area (TPSA) is 57.6 Å². The number of nitrogens with zero attached hydrogens (tertiary/aromatic N) is 1. The summed E-state index contributed by atoms with van der Waals surface area (Å²) in [6, 6.07) is 6.87. The maximum Gasteiger partial charge on any atom is 0.253 e. The third-order valence-corrected chi connectivity index (χ3v) is 4.84. The Morgan fingerprint density at radius 3 is 2.50 bits per heavy atom. The maximum atomic E-state index is 12.3. The van der Waals surface area contributed by atoms with E-state index in [0.29, 0.717) is 12.1 Å². The van der Waals surface area contributed by atoms with E-state index in [1.54, 1.807) is 42.5 Å². The number of carbonyl (C=O) groups is 1. The fourth-order valence-corrected chi connectivity index (χ4v) is 3.19. The van der Waals surface area contributed by atoms with Gasteiger partial charge in [-0.05, 0) is 37.1 Å². The Labute approximate surface area is 122 Å². The summed E-state index contributed by atoms with van der Waals surface area (Å²) in [4.78, 5) is 14.7. The van der Waals surface area contributed by atoms with Gasteiger partial charge in [-0.3, -0.25) is 9.00 Å². The molecule has 0 saturated heterocycles. The van der Waals surface area contributed by atoms with Crippen LogP contribution in [-0.2, 0) is 10.8 Å². The first-order chi connectivity index (χ1) is 9.49. The lowest BCUT2D eigenvalue weighted by molar-refractivity contribution is 0.0693. The lowest BCUT2D eigenvalue weighted by Crippen LogP contribution is -2.34. The molecule has 0 spiro atoms. The second-order valence-corrected chi connectivity index (χ2v) is 6.80. The van der Waals surface area contributed by atoms with Gasteiger partial charge in [0.1, 0.15) is 0 Å². The number of rotatable bonds is 4. The van der Waals surface area contributed by atoms with Gasteiger partial charge in [-0.15, -0.1) is 0 Å². The van der Waals surface area contributed by atoms with Crippen LogP contribution in [-0.4, -0.2) is 46.1 Å². The molecule has 2 rings (SSSR count). The van der Waals surface area contributed by atoms with E-state index in [4.69, 9.17) is 0 Å². The summed E-state index contributed by atoms with van der Waals surface area (Å²) in [5.41, 5.74) is 0.592. The van der Waals surface area contributed by atoms with Gasteiger partial charge in [0.15, 0.2) is 0 Å². The molecule has 4 nitrogen and oxygen atoms in total. The number of carbonyl (C=O) groups excluding carboxylic acids is 1. The first kappa shape index (κ1) is 15.2. The molecule has 1 saturated carbocycles. The molecule has 0 aromatic heterocycles. The Bertz CT molecular complexity index is 500. The molecule has 0 heterocycles. The molecule has 1 N–H and O–H groups in total. The van der Waals surface area contributed by atoms with Crippen LogP contribution in [0, 0.1) is 5.92 Å². The third kappa shape index (κ3) is 3.46. The highest BCUT2D eigenvalue weighted by atomic mass is 32.2. The largest absolute Gasteiger partial charge is 0.393 e. The molecule has 110 valence electrons. The zero-order chi connectivity index (χ0) is 14.7. The van der Waals surface area contributed by atoms with Crippen LogP contribution in [0.4, 0.5) is 0 Å². The van der Waals surface area contributed by atoms with Crippen molar-refractivity contribution in [3.63, 3.8) is 0 Å². The summed E-state index contributed by atoms with van der Waals surface area (Å²) >= 11 is 0. The quantitative estimate of drug-likeness (QED) is 0.919. The van der Waals surface area contributed by atoms with E-state index in [2.05, 4.69) is 0 Å². The standard InChI is InChI=1S/C15H21NO3S/c1-16(10-12-4-3-5-14(12)17)15(18)11-6-8-13(9-7-11)20(2)19/h6-9,12,14,17H,3-5,10H2,1-2H3. The molecule has 0 aliphatic heterocycles. The molecule has 1 amide bonds. The van der Waals surface area contributed by atoms with Gasteiger partial charge in [-0.2, -0.15) is 0 Å². The van der Waals surface area contributed by atoms with Gasteiger partial charge >= 0.3 is 0 Å². The fraction of sp³-hybridized carbons (Fsp3) is 0.533. The minimum Gasteiger partial charge on any atom is -0.393 e. The summed E-state index contributed by atoms with van der Waals surface area (Å²) in [7, 11) is 0.736. The van der Waals surface area contributed by atoms with Crippen molar-refractivity contribution in [3.8, 4) is 0 Å². The van der Waals surface area contributed by atoms with Crippen LogP contribution in [0.25, 0.3) is 0 Å². The number of amides is 1. The van der Waals surface area contributed by atoms with Crippen LogP contribution < -0.4 is 0 Å². The number of aliphatic hydroxyl groups is 1. The van der Waals surface area contributed by atoms with Gasteiger partial charge in [0.2, 0.25) is 0 Å². The van der Waals surface area contributed by atoms with E-state index < -0.39 is 10.8 Å². The number of hydrogen-bond acceptors (Lipinski definition) is 3. The highest BCUT2D eigenvalue weighted by molar-refractivity contribution is 7.84. The minimum absolute atomic E-state index is 0.0578. The zero-order valence-corrected chi connectivity index (χ0v) is 12.7. The fourth-order valence-electron chi connectivity index (χ4n) is 2.67. The summed E-state index contributed by atoms with van der Waals surface area (Å²) < 4.78 is 11.3. The molecule has 0 radical (unpaired) electrons. The molecule has 1 aliphatic carbocycles. The van der Waals surface area contributed by atoms with E-state index in [9.17, 15) is 14.1 Å². The lowest BCUT2D eigenvalue weighted by Gasteiger charge is -2.23. The number of aliphatic hydroxyl groups excluding tert-OH is 1.